The first-order chi connectivity index (χ1) is 17.3. The van der Waals surface area contributed by atoms with Crippen molar-refractivity contribution >= 4 is 18.0 Å². The summed E-state index contributed by atoms with van der Waals surface area (Å²) >= 11 is 0. The molecule has 0 spiro atoms. The number of rotatable bonds is 12. The van der Waals surface area contributed by atoms with Gasteiger partial charge in [-0.3, -0.25) is 9.59 Å². The Hall–Kier alpha value is -4.07. The number of nitrogens with zero attached hydrogens (tertiary/aromatic N) is 1. The second-order valence-electron chi connectivity index (χ2n) is 8.66. The van der Waals surface area contributed by atoms with Gasteiger partial charge in [-0.1, -0.05) is 24.3 Å². The van der Waals surface area contributed by atoms with Gasteiger partial charge in [-0.15, -0.1) is 0 Å². The molecule has 1 N–H and O–H groups in total. The zero-order chi connectivity index (χ0) is 25.9. The molecule has 0 atom stereocenters. The van der Waals surface area contributed by atoms with E-state index in [9.17, 15) is 14.4 Å². The molecule has 0 saturated heterocycles. The first-order valence-electron chi connectivity index (χ1n) is 11.9. The molecule has 3 aromatic rings. The van der Waals surface area contributed by atoms with Gasteiger partial charge in [0, 0.05) is 30.1 Å². The van der Waals surface area contributed by atoms with Gasteiger partial charge in [0.2, 0.25) is 0 Å². The van der Waals surface area contributed by atoms with E-state index >= 15 is 0 Å². The number of esters is 1. The summed E-state index contributed by atoms with van der Waals surface area (Å²) in [5.41, 5.74) is 3.53. The van der Waals surface area contributed by atoms with Crippen molar-refractivity contribution in [1.29, 1.82) is 0 Å². The van der Waals surface area contributed by atoms with Gasteiger partial charge >= 0.3 is 12.1 Å². The lowest BCUT2D eigenvalue weighted by Crippen LogP contribution is -2.36. The molecule has 0 aliphatic carbocycles. The third-order valence-corrected chi connectivity index (χ3v) is 5.62. The van der Waals surface area contributed by atoms with Crippen molar-refractivity contribution in [3.8, 4) is 16.9 Å². The lowest BCUT2D eigenvalue weighted by atomic mass is 10.1. The van der Waals surface area contributed by atoms with Crippen LogP contribution >= 0.6 is 0 Å². The van der Waals surface area contributed by atoms with E-state index < -0.39 is 12.1 Å². The van der Waals surface area contributed by atoms with Gasteiger partial charge in [-0.2, -0.15) is 0 Å². The molecule has 0 aliphatic heterocycles. The Morgan fingerprint density at radius 1 is 0.972 bits per heavy atom. The van der Waals surface area contributed by atoms with Crippen molar-refractivity contribution in [2.75, 3.05) is 6.61 Å². The van der Waals surface area contributed by atoms with Crippen LogP contribution in [0.1, 0.15) is 55.5 Å². The highest BCUT2D eigenvalue weighted by Gasteiger charge is 2.19. The maximum Gasteiger partial charge on any atom is 0.513 e. The lowest BCUT2D eigenvalue weighted by Gasteiger charge is -2.27. The zero-order valence-electron chi connectivity index (χ0n) is 20.5. The molecule has 1 aromatic heterocycles. The van der Waals surface area contributed by atoms with Crippen LogP contribution in [0, 0.1) is 0 Å². The molecule has 190 valence electrons. The largest absolute Gasteiger partial charge is 0.513 e. The number of furan rings is 1. The molecular formula is C28H31NO7. The van der Waals surface area contributed by atoms with Crippen LogP contribution in [0.3, 0.4) is 0 Å². The monoisotopic (exact) mass is 493 g/mol. The highest BCUT2D eigenvalue weighted by atomic mass is 16.7. The summed E-state index contributed by atoms with van der Waals surface area (Å²) in [6.45, 7) is 4.89. The number of benzene rings is 2. The summed E-state index contributed by atoms with van der Waals surface area (Å²) in [7, 11) is 0. The van der Waals surface area contributed by atoms with Crippen LogP contribution < -0.4 is 4.74 Å². The molecule has 8 heteroatoms. The Labute approximate surface area is 210 Å². The van der Waals surface area contributed by atoms with Gasteiger partial charge in [0.15, 0.2) is 0 Å². The third kappa shape index (κ3) is 8.01. The van der Waals surface area contributed by atoms with E-state index in [1.165, 1.54) is 0 Å². The molecule has 3 rings (SSSR count). The Bertz CT molecular complexity index is 1140. The lowest BCUT2D eigenvalue weighted by molar-refractivity contribution is -0.139. The van der Waals surface area contributed by atoms with Crippen LogP contribution in [-0.4, -0.2) is 40.7 Å². The average Bonchev–Trinajstić information content (AvgIpc) is 3.39. The quantitative estimate of drug-likeness (QED) is 0.183. The van der Waals surface area contributed by atoms with Crippen LogP contribution in [-0.2, 0) is 16.1 Å². The molecule has 0 fully saturated rings. The van der Waals surface area contributed by atoms with Crippen molar-refractivity contribution < 1.29 is 33.4 Å². The van der Waals surface area contributed by atoms with E-state index in [0.717, 1.165) is 23.1 Å². The number of carbonyl (C=O) groups excluding carboxylic acids is 2. The fourth-order valence-corrected chi connectivity index (χ4v) is 3.71. The minimum absolute atomic E-state index is 0.00319. The van der Waals surface area contributed by atoms with Crippen molar-refractivity contribution in [1.82, 2.24) is 4.90 Å². The van der Waals surface area contributed by atoms with Gasteiger partial charge in [0.05, 0.1) is 19.1 Å². The Kier molecular flexibility index (Phi) is 9.68. The normalized spacial score (nSPS) is 10.8. The average molecular weight is 494 g/mol. The van der Waals surface area contributed by atoms with E-state index in [2.05, 4.69) is 4.74 Å². The number of carbonyl (C=O) groups is 3. The summed E-state index contributed by atoms with van der Waals surface area (Å²) in [6, 6.07) is 17.0. The summed E-state index contributed by atoms with van der Waals surface area (Å²) in [4.78, 5) is 36.6. The molecule has 0 unspecified atom stereocenters. The SMILES string of the molecule is CC(C)N(Cc1cccc(OCCCCCC(=O)OC(=O)O)c1)C(=O)c1ccc(-c2ccoc2)cc1. The molecular weight excluding hydrogens is 462 g/mol. The topological polar surface area (TPSA) is 106 Å². The maximum atomic E-state index is 13.3. The van der Waals surface area contributed by atoms with Crippen LogP contribution in [0.2, 0.25) is 0 Å². The minimum atomic E-state index is -1.58. The number of amides is 1. The molecule has 8 nitrogen and oxygen atoms in total. The second kappa shape index (κ2) is 13.1. The summed E-state index contributed by atoms with van der Waals surface area (Å²) in [6.07, 6.45) is 3.74. The van der Waals surface area contributed by atoms with Crippen molar-refractivity contribution in [3.05, 3.63) is 78.3 Å². The zero-order valence-corrected chi connectivity index (χ0v) is 20.5. The van der Waals surface area contributed by atoms with Crippen LogP contribution in [0.15, 0.2) is 71.5 Å². The van der Waals surface area contributed by atoms with Crippen LogP contribution in [0.25, 0.3) is 11.1 Å². The van der Waals surface area contributed by atoms with Gasteiger partial charge in [-0.05, 0) is 74.6 Å². The van der Waals surface area contributed by atoms with Crippen molar-refractivity contribution in [3.63, 3.8) is 0 Å². The van der Waals surface area contributed by atoms with E-state index in [1.807, 2.05) is 73.3 Å². The van der Waals surface area contributed by atoms with E-state index in [4.69, 9.17) is 14.3 Å². The number of hydrogen-bond donors (Lipinski definition) is 1. The maximum absolute atomic E-state index is 13.3. The van der Waals surface area contributed by atoms with E-state index in [-0.39, 0.29) is 18.4 Å². The fourth-order valence-electron chi connectivity index (χ4n) is 3.71. The van der Waals surface area contributed by atoms with Gasteiger partial charge in [-0.25, -0.2) is 4.79 Å². The van der Waals surface area contributed by atoms with E-state index in [0.29, 0.717) is 37.3 Å². The molecule has 1 heterocycles. The van der Waals surface area contributed by atoms with E-state index in [1.54, 1.807) is 12.5 Å². The summed E-state index contributed by atoms with van der Waals surface area (Å²) in [5.74, 6) is -0.0795. The number of ether oxygens (including phenoxy) is 2. The summed E-state index contributed by atoms with van der Waals surface area (Å²) < 4.78 is 15.0. The highest BCUT2D eigenvalue weighted by molar-refractivity contribution is 5.95. The molecule has 0 aliphatic rings. The van der Waals surface area contributed by atoms with Crippen molar-refractivity contribution in [2.24, 2.45) is 0 Å². The summed E-state index contributed by atoms with van der Waals surface area (Å²) in [5, 5.41) is 8.40. The molecule has 0 bridgehead atoms. The molecule has 36 heavy (non-hydrogen) atoms. The van der Waals surface area contributed by atoms with Gasteiger partial charge < -0.3 is 23.9 Å². The van der Waals surface area contributed by atoms with Gasteiger partial charge in [0.25, 0.3) is 5.91 Å². The predicted molar refractivity (Wildman–Crippen MR) is 134 cm³/mol. The van der Waals surface area contributed by atoms with Crippen LogP contribution in [0.5, 0.6) is 5.75 Å². The Morgan fingerprint density at radius 2 is 1.75 bits per heavy atom. The first-order valence-corrected chi connectivity index (χ1v) is 11.9. The number of hydrogen-bond acceptors (Lipinski definition) is 6. The molecule has 2 aromatic carbocycles. The Balaban J connectivity index is 1.52. The highest BCUT2D eigenvalue weighted by Crippen LogP contribution is 2.22. The first kappa shape index (κ1) is 26.5. The number of carboxylic acid groups (broad SMARTS) is 1. The third-order valence-electron chi connectivity index (χ3n) is 5.62. The standard InChI is InChI=1S/C28H31NO7/c1-20(2)29(27(31)23-12-10-22(11-13-23)24-14-16-34-19-24)18-21-7-6-8-25(17-21)35-15-5-3-4-9-26(30)36-28(32)33/h6-8,10-14,16-17,19-20H,3-5,9,15,18H2,1-2H3,(H,32,33). The number of unbranched alkanes of at least 4 members (excludes halogenated alkanes) is 2. The predicted octanol–water partition coefficient (Wildman–Crippen LogP) is 6.16. The Morgan fingerprint density at radius 3 is 2.42 bits per heavy atom. The molecule has 1 amide bonds. The van der Waals surface area contributed by atoms with Crippen LogP contribution in [0.4, 0.5) is 4.79 Å². The molecule has 0 saturated carbocycles. The molecule has 0 radical (unpaired) electrons. The second-order valence-corrected chi connectivity index (χ2v) is 8.66. The van der Waals surface area contributed by atoms with Gasteiger partial charge in [0.1, 0.15) is 5.75 Å². The smallest absolute Gasteiger partial charge is 0.494 e. The fraction of sp³-hybridized carbons (Fsp3) is 0.321. The minimum Gasteiger partial charge on any atom is -0.494 e. The van der Waals surface area contributed by atoms with Crippen molar-refractivity contribution in [2.45, 2.75) is 52.1 Å².